The van der Waals surface area contributed by atoms with Crippen molar-refractivity contribution in [2.45, 2.75) is 102 Å². The van der Waals surface area contributed by atoms with Crippen LogP contribution in [0.5, 0.6) is 6.01 Å². The van der Waals surface area contributed by atoms with Gasteiger partial charge in [0.2, 0.25) is 0 Å². The van der Waals surface area contributed by atoms with E-state index in [0.717, 1.165) is 56.4 Å². The number of hydrogen-bond acceptors (Lipinski definition) is 11. The number of ether oxygens (including phenoxy) is 3. The largest absolute Gasteiger partial charge is 0.461 e. The van der Waals surface area contributed by atoms with Crippen LogP contribution in [0.1, 0.15) is 82.4 Å². The number of fused-ring (bicyclic) bond motifs is 5. The van der Waals surface area contributed by atoms with E-state index in [1.807, 2.05) is 0 Å². The third-order valence-corrected chi connectivity index (χ3v) is 12.9. The van der Waals surface area contributed by atoms with Crippen molar-refractivity contribution in [3.05, 3.63) is 40.5 Å². The molecule has 11 nitrogen and oxygen atoms in total. The summed E-state index contributed by atoms with van der Waals surface area (Å²) in [6.07, 6.45) is 4.46. The molecule has 0 spiro atoms. The predicted molar refractivity (Wildman–Crippen MR) is 205 cm³/mol. The lowest BCUT2D eigenvalue weighted by atomic mass is 9.90. The van der Waals surface area contributed by atoms with Crippen LogP contribution in [0.4, 0.5) is 28.8 Å². The van der Waals surface area contributed by atoms with E-state index in [4.69, 9.17) is 19.2 Å². The smallest absolute Gasteiger partial charge is 0.412 e. The average Bonchev–Trinajstić information content (AvgIpc) is 3.95. The monoisotopic (exact) mass is 777 g/mol. The first-order valence-corrected chi connectivity index (χ1v) is 19.8. The van der Waals surface area contributed by atoms with Gasteiger partial charge in [-0.3, -0.25) is 10.2 Å². The average molecular weight is 778 g/mol. The molecule has 2 saturated heterocycles. The molecule has 2 aromatic heterocycles. The van der Waals surface area contributed by atoms with Gasteiger partial charge in [-0.05, 0) is 90.4 Å². The van der Waals surface area contributed by atoms with Crippen molar-refractivity contribution < 1.29 is 32.2 Å². The van der Waals surface area contributed by atoms with Gasteiger partial charge in [-0.15, -0.1) is 11.3 Å². The number of rotatable bonds is 9. The molecule has 2 atom stereocenters. The first-order chi connectivity index (χ1) is 26.2. The number of aromatic nitrogens is 2. The molecule has 5 heterocycles. The zero-order valence-corrected chi connectivity index (χ0v) is 32.7. The Labute approximate surface area is 322 Å². The number of nitrogens with zero attached hydrogens (tertiary/aromatic N) is 5. The fourth-order valence-electron chi connectivity index (χ4n) is 9.18. The van der Waals surface area contributed by atoms with E-state index in [2.05, 4.69) is 45.6 Å². The minimum Gasteiger partial charge on any atom is -0.461 e. The maximum atomic E-state index is 17.6. The van der Waals surface area contributed by atoms with Crippen molar-refractivity contribution in [1.29, 1.82) is 5.26 Å². The molecule has 15 heteroatoms. The van der Waals surface area contributed by atoms with Crippen LogP contribution in [-0.4, -0.2) is 89.0 Å². The molecule has 55 heavy (non-hydrogen) atoms. The summed E-state index contributed by atoms with van der Waals surface area (Å²) in [5.74, 6) is -1.18. The minimum atomic E-state index is -0.956. The fourth-order valence-corrected chi connectivity index (χ4v) is 10.2. The fraction of sp³-hybridized carbons (Fsp3) is 0.550. The van der Waals surface area contributed by atoms with Gasteiger partial charge in [-0.25, -0.2) is 18.0 Å². The van der Waals surface area contributed by atoms with Crippen LogP contribution < -0.4 is 15.4 Å². The summed E-state index contributed by atoms with van der Waals surface area (Å²) in [4.78, 5) is 26.7. The summed E-state index contributed by atoms with van der Waals surface area (Å²) in [5, 5.41) is 17.3. The molecule has 1 saturated carbocycles. The molecule has 1 aliphatic carbocycles. The first kappa shape index (κ1) is 37.7. The van der Waals surface area contributed by atoms with E-state index in [1.165, 1.54) is 12.1 Å². The highest BCUT2D eigenvalue weighted by Gasteiger charge is 2.49. The van der Waals surface area contributed by atoms with Gasteiger partial charge in [0.1, 0.15) is 46.6 Å². The Morgan fingerprint density at radius 1 is 1.11 bits per heavy atom. The SMILES string of the molecule is CN(C)C1(CNc2nc(OC[C@@]34CCCN3C[C@H](F)C4)nc3c(F)c(-c4c(F)ccc5sc(NC(=O)OC(C)(C)C)c(C#N)c45)c4c(c23)COC4)CCCC1. The number of likely N-dealkylation sites (N-methyl/N-ethyl adjacent to an activating group) is 1. The standard InChI is InChI=1S/C40H46F3N7O4S/c1-38(2,3)54-37(51)48-35-23(16-44)28-27(55-35)10-9-26(42)31(28)29-24-18-52-19-25(24)30-33(32(29)43)46-36(53-21-40-13-8-14-50(40)17-22(41)15-40)47-34(30)45-20-39(49(4)5)11-6-7-12-39/h9-10,22H,6-8,11-15,17-21H2,1-5H3,(H,48,51)(H,45,46,47)/t22-,40+/m1/s1. The topological polar surface area (TPSA) is 125 Å². The van der Waals surface area contributed by atoms with Gasteiger partial charge in [0, 0.05) is 46.3 Å². The van der Waals surface area contributed by atoms with Gasteiger partial charge in [0.05, 0.1) is 29.7 Å². The second kappa shape index (κ2) is 14.1. The van der Waals surface area contributed by atoms with E-state index in [0.29, 0.717) is 46.5 Å². The van der Waals surface area contributed by atoms with Crippen molar-refractivity contribution in [2.24, 2.45) is 0 Å². The molecule has 0 bridgehead atoms. The number of carbonyl (C=O) groups is 1. The molecule has 3 fully saturated rings. The predicted octanol–water partition coefficient (Wildman–Crippen LogP) is 8.28. The van der Waals surface area contributed by atoms with Crippen LogP contribution in [0.15, 0.2) is 12.1 Å². The van der Waals surface area contributed by atoms with Crippen LogP contribution in [0.3, 0.4) is 0 Å². The second-order valence-corrected chi connectivity index (χ2v) is 17.7. The minimum absolute atomic E-state index is 0.00945. The molecule has 0 radical (unpaired) electrons. The molecule has 1 amide bonds. The zero-order chi connectivity index (χ0) is 38.9. The number of alkyl halides is 1. The summed E-state index contributed by atoms with van der Waals surface area (Å²) in [6.45, 7) is 7.06. The number of amides is 1. The third-order valence-electron chi connectivity index (χ3n) is 11.9. The van der Waals surface area contributed by atoms with Crippen molar-refractivity contribution in [3.8, 4) is 23.2 Å². The van der Waals surface area contributed by atoms with Gasteiger partial charge in [-0.1, -0.05) is 12.8 Å². The second-order valence-electron chi connectivity index (χ2n) is 16.6. The number of anilines is 2. The molecular weight excluding hydrogens is 732 g/mol. The Hall–Kier alpha value is -4.23. The van der Waals surface area contributed by atoms with Crippen LogP contribution in [0, 0.1) is 23.0 Å². The molecule has 4 aromatic rings. The molecule has 4 aliphatic rings. The highest BCUT2D eigenvalue weighted by Crippen LogP contribution is 2.49. The molecule has 292 valence electrons. The Morgan fingerprint density at radius 3 is 2.60 bits per heavy atom. The lowest BCUT2D eigenvalue weighted by Gasteiger charge is -2.36. The van der Waals surface area contributed by atoms with Crippen LogP contribution >= 0.6 is 11.3 Å². The number of nitriles is 1. The lowest BCUT2D eigenvalue weighted by Crippen LogP contribution is -2.47. The third kappa shape index (κ3) is 6.64. The maximum Gasteiger partial charge on any atom is 0.412 e. The van der Waals surface area contributed by atoms with Crippen molar-refractivity contribution >= 4 is 49.2 Å². The number of hydrogen-bond donors (Lipinski definition) is 2. The highest BCUT2D eigenvalue weighted by molar-refractivity contribution is 7.23. The molecule has 8 rings (SSSR count). The Morgan fingerprint density at radius 2 is 1.87 bits per heavy atom. The lowest BCUT2D eigenvalue weighted by molar-refractivity contribution is 0.0636. The Bertz CT molecular complexity index is 2230. The van der Waals surface area contributed by atoms with Crippen LogP contribution in [0.25, 0.3) is 32.1 Å². The normalized spacial score (nSPS) is 22.0. The van der Waals surface area contributed by atoms with Gasteiger partial charge in [-0.2, -0.15) is 15.2 Å². The summed E-state index contributed by atoms with van der Waals surface area (Å²) in [7, 11) is 4.13. The number of benzene rings is 2. The first-order valence-electron chi connectivity index (χ1n) is 18.9. The van der Waals surface area contributed by atoms with Crippen molar-refractivity contribution in [3.63, 3.8) is 0 Å². The Kier molecular flexibility index (Phi) is 9.63. The number of carbonyl (C=O) groups excluding carboxylic acids is 1. The summed E-state index contributed by atoms with van der Waals surface area (Å²) >= 11 is 1.07. The van der Waals surface area contributed by atoms with Crippen molar-refractivity contribution in [1.82, 2.24) is 19.8 Å². The molecule has 3 aliphatic heterocycles. The number of nitrogens with one attached hydrogen (secondary N) is 2. The van der Waals surface area contributed by atoms with Gasteiger partial charge in [0.25, 0.3) is 0 Å². The molecule has 2 N–H and O–H groups in total. The maximum absolute atomic E-state index is 17.6. The van der Waals surface area contributed by atoms with Gasteiger partial charge in [0.15, 0.2) is 5.82 Å². The summed E-state index contributed by atoms with van der Waals surface area (Å²) in [5.41, 5.74) is -0.694. The van der Waals surface area contributed by atoms with E-state index in [9.17, 15) is 14.4 Å². The van der Waals surface area contributed by atoms with E-state index in [1.54, 1.807) is 20.8 Å². The number of thiophene rings is 1. The molecule has 2 aromatic carbocycles. The van der Waals surface area contributed by atoms with E-state index < -0.39 is 35.0 Å². The molecular formula is C40H46F3N7O4S. The van der Waals surface area contributed by atoms with Crippen molar-refractivity contribution in [2.75, 3.05) is 51.0 Å². The quantitative estimate of drug-likeness (QED) is 0.172. The Balaban J connectivity index is 1.29. The highest BCUT2D eigenvalue weighted by atomic mass is 32.1. The number of halogens is 3. The molecule has 0 unspecified atom stereocenters. The summed E-state index contributed by atoms with van der Waals surface area (Å²) < 4.78 is 66.8. The van der Waals surface area contributed by atoms with Crippen LogP contribution in [0.2, 0.25) is 0 Å². The van der Waals surface area contributed by atoms with E-state index in [-0.39, 0.29) is 64.0 Å². The van der Waals surface area contributed by atoms with Gasteiger partial charge < -0.3 is 24.4 Å². The van der Waals surface area contributed by atoms with E-state index >= 15 is 8.78 Å². The summed E-state index contributed by atoms with van der Waals surface area (Å²) in [6, 6.07) is 4.79. The van der Waals surface area contributed by atoms with Gasteiger partial charge >= 0.3 is 12.1 Å². The van der Waals surface area contributed by atoms with Crippen LogP contribution in [-0.2, 0) is 22.7 Å². The zero-order valence-electron chi connectivity index (χ0n) is 31.8.